The molecule has 0 unspecified atom stereocenters. The number of nitrogens with zero attached hydrogens (tertiary/aromatic N) is 5. The van der Waals surface area contributed by atoms with E-state index in [4.69, 9.17) is 0 Å². The van der Waals surface area contributed by atoms with Gasteiger partial charge < -0.3 is 5.32 Å². The molecule has 8 nitrogen and oxygen atoms in total. The number of ketones is 1. The topological polar surface area (TPSA) is 103 Å². The number of rotatable bonds is 4. The quantitative estimate of drug-likeness (QED) is 0.834. The Kier molecular flexibility index (Phi) is 3.97. The maximum absolute atomic E-state index is 11.9. The second kappa shape index (κ2) is 5.90. The summed E-state index contributed by atoms with van der Waals surface area (Å²) in [6.07, 6.45) is 2.20. The van der Waals surface area contributed by atoms with Crippen molar-refractivity contribution in [1.29, 1.82) is 0 Å². The molecule has 0 spiro atoms. The molecule has 110 valence electrons. The number of carbonyl (C=O) groups is 2. The highest BCUT2D eigenvalue weighted by Crippen LogP contribution is 2.29. The van der Waals surface area contributed by atoms with Crippen molar-refractivity contribution in [3.05, 3.63) is 10.6 Å². The number of carbonyl (C=O) groups excluding carboxylic acids is 2. The molecule has 0 radical (unpaired) electrons. The van der Waals surface area contributed by atoms with Crippen molar-refractivity contribution in [3.63, 3.8) is 0 Å². The van der Waals surface area contributed by atoms with E-state index in [0.29, 0.717) is 21.6 Å². The fraction of sp³-hybridized carbons (Fsp3) is 0.455. The summed E-state index contributed by atoms with van der Waals surface area (Å²) in [4.78, 5) is 28.6. The van der Waals surface area contributed by atoms with E-state index in [9.17, 15) is 9.59 Å². The summed E-state index contributed by atoms with van der Waals surface area (Å²) in [7, 11) is 1.71. The second-order valence-corrected chi connectivity index (χ2v) is 6.44. The summed E-state index contributed by atoms with van der Waals surface area (Å²) in [6.45, 7) is 0. The van der Waals surface area contributed by atoms with Crippen LogP contribution >= 0.6 is 23.1 Å². The largest absolute Gasteiger partial charge is 0.301 e. The number of hydrogen-bond donors (Lipinski definition) is 1. The highest BCUT2D eigenvalue weighted by atomic mass is 32.2. The third-order valence-corrected chi connectivity index (χ3v) is 4.99. The molecule has 1 N–H and O–H groups in total. The van der Waals surface area contributed by atoms with Crippen molar-refractivity contribution < 1.29 is 9.59 Å². The van der Waals surface area contributed by atoms with E-state index in [1.807, 2.05) is 0 Å². The van der Waals surface area contributed by atoms with E-state index in [1.165, 1.54) is 27.8 Å². The van der Waals surface area contributed by atoms with E-state index >= 15 is 0 Å². The summed E-state index contributed by atoms with van der Waals surface area (Å²) in [5, 5.41) is 14.7. The third-order valence-electron chi connectivity index (χ3n) is 2.93. The number of thioether (sulfide) groups is 1. The lowest BCUT2D eigenvalue weighted by Crippen LogP contribution is -2.14. The Balaban J connectivity index is 1.60. The maximum atomic E-state index is 11.9. The van der Waals surface area contributed by atoms with Crippen LogP contribution < -0.4 is 5.32 Å². The fourth-order valence-corrected chi connectivity index (χ4v) is 3.60. The standard InChI is InChI=1S/C11H12N6O2S2/c1-17-11(14-15-16-17)20-5-8(19)13-10-12-6-3-2-4-7(18)9(6)21-10/h2-5H2,1H3,(H,12,13,19). The van der Waals surface area contributed by atoms with Gasteiger partial charge in [0, 0.05) is 13.5 Å². The minimum Gasteiger partial charge on any atom is -0.301 e. The van der Waals surface area contributed by atoms with Crippen molar-refractivity contribution in [1.82, 2.24) is 25.2 Å². The zero-order chi connectivity index (χ0) is 14.8. The average Bonchev–Trinajstić information content (AvgIpc) is 3.03. The Morgan fingerprint density at radius 1 is 1.48 bits per heavy atom. The van der Waals surface area contributed by atoms with Crippen molar-refractivity contribution in [2.75, 3.05) is 11.1 Å². The molecule has 21 heavy (non-hydrogen) atoms. The van der Waals surface area contributed by atoms with Gasteiger partial charge in [-0.1, -0.05) is 23.1 Å². The van der Waals surface area contributed by atoms with Gasteiger partial charge >= 0.3 is 0 Å². The molecule has 0 saturated carbocycles. The number of aromatic nitrogens is 5. The minimum atomic E-state index is -0.193. The number of anilines is 1. The van der Waals surface area contributed by atoms with Crippen LogP contribution in [0.3, 0.4) is 0 Å². The van der Waals surface area contributed by atoms with E-state index in [0.717, 1.165) is 18.5 Å². The first-order valence-corrected chi connectivity index (χ1v) is 8.11. The molecule has 0 aromatic carbocycles. The summed E-state index contributed by atoms with van der Waals surface area (Å²) < 4.78 is 1.50. The molecule has 0 saturated heterocycles. The normalized spacial score (nSPS) is 14.0. The van der Waals surface area contributed by atoms with Crippen LogP contribution in [0.5, 0.6) is 0 Å². The van der Waals surface area contributed by atoms with Gasteiger partial charge in [-0.25, -0.2) is 9.67 Å². The summed E-state index contributed by atoms with van der Waals surface area (Å²) in [5.74, 6) is 0.113. The molecule has 1 aliphatic rings. The third kappa shape index (κ3) is 3.10. The minimum absolute atomic E-state index is 0.119. The number of nitrogens with one attached hydrogen (secondary N) is 1. The first-order valence-electron chi connectivity index (χ1n) is 6.31. The Morgan fingerprint density at radius 2 is 2.33 bits per heavy atom. The lowest BCUT2D eigenvalue weighted by Gasteiger charge is -2.05. The molecular weight excluding hydrogens is 312 g/mol. The van der Waals surface area contributed by atoms with Gasteiger partial charge in [-0.05, 0) is 23.3 Å². The number of amides is 1. The van der Waals surface area contributed by atoms with Gasteiger partial charge in [0.15, 0.2) is 10.9 Å². The Hall–Kier alpha value is -1.81. The van der Waals surface area contributed by atoms with Crippen LogP contribution in [0.1, 0.15) is 28.2 Å². The Morgan fingerprint density at radius 3 is 3.05 bits per heavy atom. The lowest BCUT2D eigenvalue weighted by molar-refractivity contribution is -0.113. The van der Waals surface area contributed by atoms with Gasteiger partial charge in [0.25, 0.3) is 0 Å². The monoisotopic (exact) mass is 324 g/mol. The summed E-state index contributed by atoms with van der Waals surface area (Å²) in [6, 6.07) is 0. The molecule has 0 aliphatic heterocycles. The molecule has 3 rings (SSSR count). The maximum Gasteiger partial charge on any atom is 0.236 e. The Labute approximate surface area is 128 Å². The van der Waals surface area contributed by atoms with Crippen LogP contribution in [0.4, 0.5) is 5.13 Å². The van der Waals surface area contributed by atoms with Gasteiger partial charge in [0.1, 0.15) is 0 Å². The van der Waals surface area contributed by atoms with Crippen molar-refractivity contribution in [3.8, 4) is 0 Å². The van der Waals surface area contributed by atoms with Crippen LogP contribution in [-0.2, 0) is 18.3 Å². The number of fused-ring (bicyclic) bond motifs is 1. The number of hydrogen-bond acceptors (Lipinski definition) is 8. The first kappa shape index (κ1) is 14.1. The fourth-order valence-electron chi connectivity index (χ4n) is 1.95. The van der Waals surface area contributed by atoms with Gasteiger partial charge in [0.05, 0.1) is 16.3 Å². The zero-order valence-electron chi connectivity index (χ0n) is 11.2. The van der Waals surface area contributed by atoms with Crippen LogP contribution in [0.2, 0.25) is 0 Å². The summed E-state index contributed by atoms with van der Waals surface area (Å²) in [5.41, 5.74) is 0.803. The van der Waals surface area contributed by atoms with Crippen LogP contribution in [0.25, 0.3) is 0 Å². The van der Waals surface area contributed by atoms with Crippen molar-refractivity contribution in [2.45, 2.75) is 24.4 Å². The molecule has 0 fully saturated rings. The van der Waals surface area contributed by atoms with E-state index < -0.39 is 0 Å². The van der Waals surface area contributed by atoms with Gasteiger partial charge in [-0.3, -0.25) is 9.59 Å². The van der Waals surface area contributed by atoms with Crippen molar-refractivity contribution >= 4 is 39.9 Å². The summed E-state index contributed by atoms with van der Waals surface area (Å²) >= 11 is 2.49. The Bertz CT molecular complexity index is 695. The van der Waals surface area contributed by atoms with Gasteiger partial charge in [-0.2, -0.15) is 0 Å². The van der Waals surface area contributed by atoms with Crippen LogP contribution in [-0.4, -0.2) is 42.6 Å². The smallest absolute Gasteiger partial charge is 0.236 e. The molecular formula is C11H12N6O2S2. The zero-order valence-corrected chi connectivity index (χ0v) is 12.8. The molecule has 1 aliphatic carbocycles. The lowest BCUT2D eigenvalue weighted by atomic mass is 10.0. The highest BCUT2D eigenvalue weighted by molar-refractivity contribution is 7.99. The molecule has 1 amide bonds. The molecule has 2 aromatic heterocycles. The van der Waals surface area contributed by atoms with Crippen LogP contribution in [0, 0.1) is 0 Å². The molecule has 0 atom stereocenters. The molecule has 10 heteroatoms. The SMILES string of the molecule is Cn1nnnc1SCC(=O)Nc1nc2c(s1)C(=O)CCC2. The molecule has 2 heterocycles. The average molecular weight is 324 g/mol. The molecule has 0 bridgehead atoms. The van der Waals surface area contributed by atoms with E-state index in [-0.39, 0.29) is 17.4 Å². The van der Waals surface area contributed by atoms with Gasteiger partial charge in [-0.15, -0.1) is 5.10 Å². The number of tetrazole rings is 1. The molecule has 2 aromatic rings. The predicted molar refractivity (Wildman–Crippen MR) is 77.5 cm³/mol. The van der Waals surface area contributed by atoms with E-state index in [1.54, 1.807) is 7.05 Å². The number of Topliss-reactive ketones (excluding diaryl/α,β-unsaturated/α-hetero) is 1. The highest BCUT2D eigenvalue weighted by Gasteiger charge is 2.22. The number of aryl methyl sites for hydroxylation is 2. The second-order valence-electron chi connectivity index (χ2n) is 4.49. The van der Waals surface area contributed by atoms with Crippen LogP contribution in [0.15, 0.2) is 5.16 Å². The van der Waals surface area contributed by atoms with E-state index in [2.05, 4.69) is 25.8 Å². The van der Waals surface area contributed by atoms with Crippen molar-refractivity contribution in [2.24, 2.45) is 7.05 Å². The first-order chi connectivity index (χ1) is 10.1. The number of thiazole rings is 1. The van der Waals surface area contributed by atoms with Gasteiger partial charge in [0.2, 0.25) is 11.1 Å². The predicted octanol–water partition coefficient (Wildman–Crippen LogP) is 0.916.